The van der Waals surface area contributed by atoms with E-state index in [4.69, 9.17) is 4.74 Å². The Morgan fingerprint density at radius 2 is 1.70 bits per heavy atom. The Hall–Kier alpha value is -2.33. The number of rotatable bonds is 8. The fraction of sp³-hybridized carbons (Fsp3) is 0.500. The third-order valence-corrected chi connectivity index (χ3v) is 7.06. The maximum Gasteiger partial charge on any atom is 0.418 e. The first-order chi connectivity index (χ1) is 14.7. The summed E-state index contributed by atoms with van der Waals surface area (Å²) < 4.78 is 7.23. The zero-order valence-corrected chi connectivity index (χ0v) is 18.2. The summed E-state index contributed by atoms with van der Waals surface area (Å²) in [7, 11) is 0. The molecule has 5 rings (SSSR count). The number of amides is 1. The molecule has 4 heteroatoms. The van der Waals surface area contributed by atoms with Gasteiger partial charge in [0.25, 0.3) is 0 Å². The van der Waals surface area contributed by atoms with Crippen LogP contribution in [0.2, 0.25) is 0 Å². The molecule has 0 radical (unpaired) electrons. The number of unbranched alkanes of at least 4 members (excludes halogenated alkanes) is 1. The summed E-state index contributed by atoms with van der Waals surface area (Å²) in [6, 6.07) is 20.7. The second kappa shape index (κ2) is 9.65. The first-order valence-electron chi connectivity index (χ1n) is 11.6. The number of fused-ring (bicyclic) bond motifs is 3. The third kappa shape index (κ3) is 4.70. The van der Waals surface area contributed by atoms with Crippen molar-refractivity contribution < 1.29 is 14.0 Å². The van der Waals surface area contributed by atoms with E-state index in [0.717, 1.165) is 55.5 Å². The molecule has 2 bridgehead atoms. The summed E-state index contributed by atoms with van der Waals surface area (Å²) in [5.41, 5.74) is 2.30. The second-order valence-corrected chi connectivity index (χ2v) is 8.98. The minimum Gasteiger partial charge on any atom is -0.396 e. The molecule has 1 atom stereocenters. The Labute approximate surface area is 181 Å². The van der Waals surface area contributed by atoms with E-state index in [-0.39, 0.29) is 12.3 Å². The highest BCUT2D eigenvalue weighted by Crippen LogP contribution is 2.39. The molecule has 4 nitrogen and oxygen atoms in total. The number of ether oxygens (including phenoxy) is 1. The van der Waals surface area contributed by atoms with E-state index >= 15 is 0 Å². The highest BCUT2D eigenvalue weighted by atomic mass is 16.6. The summed E-state index contributed by atoms with van der Waals surface area (Å²) in [4.78, 5) is 15.1. The van der Waals surface area contributed by atoms with Gasteiger partial charge in [-0.05, 0) is 30.0 Å². The summed E-state index contributed by atoms with van der Waals surface area (Å²) in [5, 5.41) is 0. The van der Waals surface area contributed by atoms with Gasteiger partial charge in [-0.3, -0.25) is 9.38 Å². The van der Waals surface area contributed by atoms with Gasteiger partial charge in [0.2, 0.25) is 6.23 Å². The Balaban J connectivity index is 1.48. The van der Waals surface area contributed by atoms with Gasteiger partial charge in [0.1, 0.15) is 0 Å². The number of anilines is 1. The quantitative estimate of drug-likeness (QED) is 0.531. The van der Waals surface area contributed by atoms with E-state index in [9.17, 15) is 4.79 Å². The number of para-hydroxylation sites is 1. The Kier molecular flexibility index (Phi) is 6.73. The van der Waals surface area contributed by atoms with Crippen molar-refractivity contribution in [2.45, 2.75) is 51.7 Å². The summed E-state index contributed by atoms with van der Waals surface area (Å²) >= 11 is 0. The van der Waals surface area contributed by atoms with Crippen molar-refractivity contribution in [3.8, 4) is 0 Å². The lowest BCUT2D eigenvalue weighted by Gasteiger charge is -2.53. The molecular formula is C26H35N2O2+. The molecule has 3 fully saturated rings. The first kappa shape index (κ1) is 20.9. The molecule has 3 aliphatic rings. The number of hydrogen-bond donors (Lipinski definition) is 0. The van der Waals surface area contributed by atoms with Crippen LogP contribution in [0.3, 0.4) is 0 Å². The molecule has 30 heavy (non-hydrogen) atoms. The van der Waals surface area contributed by atoms with Crippen LogP contribution in [-0.2, 0) is 11.2 Å². The lowest BCUT2D eigenvalue weighted by Crippen LogP contribution is -2.66. The molecule has 3 heterocycles. The number of nitrogens with zero attached hydrogens (tertiary/aromatic N) is 2. The maximum atomic E-state index is 13.3. The van der Waals surface area contributed by atoms with Gasteiger partial charge in [0.05, 0.1) is 19.6 Å². The maximum absolute atomic E-state index is 13.3. The fourth-order valence-corrected chi connectivity index (χ4v) is 5.12. The monoisotopic (exact) mass is 407 g/mol. The van der Waals surface area contributed by atoms with Crippen LogP contribution >= 0.6 is 0 Å². The smallest absolute Gasteiger partial charge is 0.396 e. The summed E-state index contributed by atoms with van der Waals surface area (Å²) in [6.07, 6.45) is 6.42. The van der Waals surface area contributed by atoms with E-state index in [1.165, 1.54) is 18.4 Å². The van der Waals surface area contributed by atoms with Gasteiger partial charge in [-0.15, -0.1) is 0 Å². The number of hydrogen-bond acceptors (Lipinski definition) is 2. The van der Waals surface area contributed by atoms with Crippen molar-refractivity contribution in [1.29, 1.82) is 0 Å². The predicted octanol–water partition coefficient (Wildman–Crippen LogP) is 5.63. The minimum absolute atomic E-state index is 0.0125. The lowest BCUT2D eigenvalue weighted by atomic mass is 9.84. The Morgan fingerprint density at radius 3 is 2.37 bits per heavy atom. The van der Waals surface area contributed by atoms with Crippen LogP contribution in [0, 0.1) is 5.92 Å². The van der Waals surface area contributed by atoms with Crippen LogP contribution in [0.25, 0.3) is 0 Å². The van der Waals surface area contributed by atoms with Gasteiger partial charge < -0.3 is 4.74 Å². The van der Waals surface area contributed by atoms with E-state index < -0.39 is 0 Å². The van der Waals surface area contributed by atoms with Crippen LogP contribution < -0.4 is 4.90 Å². The average Bonchev–Trinajstić information content (AvgIpc) is 2.80. The van der Waals surface area contributed by atoms with Crippen LogP contribution in [0.15, 0.2) is 60.7 Å². The molecule has 2 aromatic carbocycles. The molecule has 3 saturated heterocycles. The van der Waals surface area contributed by atoms with E-state index in [1.54, 1.807) is 0 Å². The normalized spacial score (nSPS) is 25.1. The van der Waals surface area contributed by atoms with E-state index in [2.05, 4.69) is 37.3 Å². The van der Waals surface area contributed by atoms with Crippen LogP contribution in [-0.4, -0.2) is 43.0 Å². The summed E-state index contributed by atoms with van der Waals surface area (Å²) in [6.45, 7) is 6.18. The van der Waals surface area contributed by atoms with Crippen LogP contribution in [0.1, 0.15) is 44.6 Å². The molecule has 3 aliphatic heterocycles. The minimum atomic E-state index is -0.176. The second-order valence-electron chi connectivity index (χ2n) is 8.98. The standard InChI is InChI=1S/C26H35N2O2/c1-2-3-17-27(24-12-8-5-9-13-24)26(29)30-25-21-23-15-19-28(25,20-16-23)18-14-22-10-6-4-7-11-22/h4-13,23,25H,2-3,14-21H2,1H3/q+1. The van der Waals surface area contributed by atoms with Crippen LogP contribution in [0.4, 0.5) is 10.5 Å². The number of piperidine rings is 3. The SMILES string of the molecule is CCCCN(C(=O)OC1CC2CC[N+]1(CCc1ccccc1)CC2)c1ccccc1. The predicted molar refractivity (Wildman–Crippen MR) is 121 cm³/mol. The molecule has 0 N–H and O–H groups in total. The zero-order chi connectivity index (χ0) is 20.8. The topological polar surface area (TPSA) is 29.5 Å². The molecule has 0 saturated carbocycles. The average molecular weight is 408 g/mol. The summed E-state index contributed by atoms with van der Waals surface area (Å²) in [5.74, 6) is 0.709. The van der Waals surface area contributed by atoms with Crippen molar-refractivity contribution in [2.24, 2.45) is 5.92 Å². The Bertz CT molecular complexity index is 800. The van der Waals surface area contributed by atoms with Crippen molar-refractivity contribution in [3.63, 3.8) is 0 Å². The number of quaternary nitrogens is 1. The first-order valence-corrected chi connectivity index (χ1v) is 11.6. The molecule has 160 valence electrons. The third-order valence-electron chi connectivity index (χ3n) is 7.06. The van der Waals surface area contributed by atoms with Gasteiger partial charge >= 0.3 is 6.09 Å². The van der Waals surface area contributed by atoms with E-state index in [0.29, 0.717) is 12.5 Å². The van der Waals surface area contributed by atoms with Crippen molar-refractivity contribution >= 4 is 11.8 Å². The molecule has 2 aromatic rings. The van der Waals surface area contributed by atoms with Crippen LogP contribution in [0.5, 0.6) is 0 Å². The number of carbonyl (C=O) groups is 1. The van der Waals surface area contributed by atoms with Crippen molar-refractivity contribution in [3.05, 3.63) is 66.2 Å². The number of carbonyl (C=O) groups excluding carboxylic acids is 1. The van der Waals surface area contributed by atoms with Crippen molar-refractivity contribution in [1.82, 2.24) is 0 Å². The molecule has 0 spiro atoms. The van der Waals surface area contributed by atoms with E-state index in [1.807, 2.05) is 35.2 Å². The molecule has 0 aliphatic carbocycles. The highest BCUT2D eigenvalue weighted by molar-refractivity contribution is 5.87. The zero-order valence-electron chi connectivity index (χ0n) is 18.2. The van der Waals surface area contributed by atoms with Gasteiger partial charge in [-0.2, -0.15) is 0 Å². The largest absolute Gasteiger partial charge is 0.418 e. The molecule has 0 aromatic heterocycles. The molecule has 1 amide bonds. The molecular weight excluding hydrogens is 372 g/mol. The lowest BCUT2D eigenvalue weighted by molar-refractivity contribution is -0.983. The molecule has 1 unspecified atom stereocenters. The van der Waals surface area contributed by atoms with Gasteiger partial charge in [0.15, 0.2) is 0 Å². The fourth-order valence-electron chi connectivity index (χ4n) is 5.12. The van der Waals surface area contributed by atoms with Gasteiger partial charge in [0, 0.05) is 37.9 Å². The highest BCUT2D eigenvalue weighted by Gasteiger charge is 2.49. The van der Waals surface area contributed by atoms with Crippen molar-refractivity contribution in [2.75, 3.05) is 31.1 Å². The van der Waals surface area contributed by atoms with Gasteiger partial charge in [-0.25, -0.2) is 4.79 Å². The number of benzene rings is 2. The Morgan fingerprint density at radius 1 is 1.03 bits per heavy atom. The van der Waals surface area contributed by atoms with Gasteiger partial charge in [-0.1, -0.05) is 61.9 Å².